The molecule has 66 valence electrons. The second-order valence-electron chi connectivity index (χ2n) is 3.28. The standard InChI is InChI=1S/C8H16O2S/c9-5-7-3-1-2-4-8(7)6-10-11/h7-9,11H,1-6H2. The van der Waals surface area contributed by atoms with Gasteiger partial charge >= 0.3 is 0 Å². The van der Waals surface area contributed by atoms with Crippen LogP contribution < -0.4 is 0 Å². The summed E-state index contributed by atoms with van der Waals surface area (Å²) in [5.41, 5.74) is 0. The maximum atomic E-state index is 9.01. The molecule has 0 amide bonds. The first-order valence-electron chi connectivity index (χ1n) is 4.25. The van der Waals surface area contributed by atoms with Gasteiger partial charge in [0, 0.05) is 6.61 Å². The van der Waals surface area contributed by atoms with Crippen molar-refractivity contribution in [2.24, 2.45) is 11.8 Å². The van der Waals surface area contributed by atoms with Gasteiger partial charge in [0.1, 0.15) is 0 Å². The van der Waals surface area contributed by atoms with E-state index in [0.29, 0.717) is 25.0 Å². The van der Waals surface area contributed by atoms with Crippen molar-refractivity contribution in [2.75, 3.05) is 13.2 Å². The van der Waals surface area contributed by atoms with Crippen molar-refractivity contribution < 1.29 is 9.29 Å². The Labute approximate surface area is 73.6 Å². The van der Waals surface area contributed by atoms with Crippen LogP contribution in [0.3, 0.4) is 0 Å². The third-order valence-corrected chi connectivity index (χ3v) is 2.74. The minimum atomic E-state index is 0.307. The quantitative estimate of drug-likeness (QED) is 0.506. The first kappa shape index (κ1) is 9.36. The van der Waals surface area contributed by atoms with Gasteiger partial charge in [-0.1, -0.05) is 12.8 Å². The van der Waals surface area contributed by atoms with E-state index in [0.717, 1.165) is 6.42 Å². The van der Waals surface area contributed by atoms with E-state index in [1.165, 1.54) is 19.3 Å². The Morgan fingerprint density at radius 2 is 1.91 bits per heavy atom. The fraction of sp³-hybridized carbons (Fsp3) is 1.00. The maximum absolute atomic E-state index is 9.01. The molecule has 1 fully saturated rings. The molecule has 0 aromatic carbocycles. The molecule has 1 rings (SSSR count). The van der Waals surface area contributed by atoms with Crippen LogP contribution in [0.4, 0.5) is 0 Å². The van der Waals surface area contributed by atoms with Crippen LogP contribution in [0.25, 0.3) is 0 Å². The Morgan fingerprint density at radius 3 is 2.45 bits per heavy atom. The van der Waals surface area contributed by atoms with E-state index >= 15 is 0 Å². The van der Waals surface area contributed by atoms with Gasteiger partial charge in [0.15, 0.2) is 0 Å². The molecule has 1 aliphatic rings. The highest BCUT2D eigenvalue weighted by molar-refractivity contribution is 7.75. The van der Waals surface area contributed by atoms with Crippen LogP contribution in [0, 0.1) is 11.8 Å². The molecule has 0 aromatic heterocycles. The Hall–Kier alpha value is 0.270. The van der Waals surface area contributed by atoms with Crippen LogP contribution in [-0.4, -0.2) is 18.3 Å². The summed E-state index contributed by atoms with van der Waals surface area (Å²) in [5.74, 6) is 0.988. The van der Waals surface area contributed by atoms with Crippen molar-refractivity contribution in [1.82, 2.24) is 0 Å². The van der Waals surface area contributed by atoms with Crippen molar-refractivity contribution >= 4 is 12.9 Å². The minimum Gasteiger partial charge on any atom is -0.396 e. The van der Waals surface area contributed by atoms with E-state index in [2.05, 4.69) is 12.9 Å². The summed E-state index contributed by atoms with van der Waals surface area (Å²) in [6, 6.07) is 0. The van der Waals surface area contributed by atoms with E-state index in [1.807, 2.05) is 0 Å². The van der Waals surface area contributed by atoms with E-state index in [4.69, 9.17) is 9.29 Å². The number of hydrogen-bond donors (Lipinski definition) is 2. The average molecular weight is 176 g/mol. The van der Waals surface area contributed by atoms with Crippen molar-refractivity contribution in [3.8, 4) is 0 Å². The molecule has 0 heterocycles. The third-order valence-electron chi connectivity index (χ3n) is 2.59. The smallest absolute Gasteiger partial charge is 0.0642 e. The fourth-order valence-electron chi connectivity index (χ4n) is 1.84. The van der Waals surface area contributed by atoms with Crippen LogP contribution in [-0.2, 0) is 4.18 Å². The first-order chi connectivity index (χ1) is 5.38. The Kier molecular flexibility index (Phi) is 4.26. The lowest BCUT2D eigenvalue weighted by atomic mass is 9.80. The second kappa shape index (κ2) is 5.01. The molecule has 0 bridgehead atoms. The van der Waals surface area contributed by atoms with Gasteiger partial charge < -0.3 is 9.29 Å². The van der Waals surface area contributed by atoms with Crippen molar-refractivity contribution in [2.45, 2.75) is 25.7 Å². The normalized spacial score (nSPS) is 32.2. The molecule has 0 aliphatic heterocycles. The Morgan fingerprint density at radius 1 is 1.27 bits per heavy atom. The second-order valence-corrected chi connectivity index (χ2v) is 3.54. The summed E-state index contributed by atoms with van der Waals surface area (Å²) in [4.78, 5) is 0. The van der Waals surface area contributed by atoms with Crippen LogP contribution in [0.5, 0.6) is 0 Å². The van der Waals surface area contributed by atoms with Gasteiger partial charge in [-0.05, 0) is 37.6 Å². The van der Waals surface area contributed by atoms with Gasteiger partial charge in [-0.25, -0.2) is 0 Å². The molecule has 1 saturated carbocycles. The average Bonchev–Trinajstić information content (AvgIpc) is 2.06. The molecule has 0 spiro atoms. The highest BCUT2D eigenvalue weighted by Crippen LogP contribution is 2.29. The van der Waals surface area contributed by atoms with Gasteiger partial charge in [-0.15, -0.1) is 0 Å². The number of rotatable bonds is 3. The van der Waals surface area contributed by atoms with Gasteiger partial charge in [-0.2, -0.15) is 0 Å². The zero-order valence-corrected chi connectivity index (χ0v) is 7.59. The zero-order valence-electron chi connectivity index (χ0n) is 6.70. The van der Waals surface area contributed by atoms with Crippen LogP contribution in [0.2, 0.25) is 0 Å². The molecule has 2 atom stereocenters. The number of aliphatic hydroxyl groups excluding tert-OH is 1. The number of thiol groups is 1. The molecular formula is C8H16O2S. The monoisotopic (exact) mass is 176 g/mol. The van der Waals surface area contributed by atoms with Crippen LogP contribution >= 0.6 is 12.9 Å². The molecule has 0 radical (unpaired) electrons. The Balaban J connectivity index is 2.31. The molecule has 3 heteroatoms. The lowest BCUT2D eigenvalue weighted by Crippen LogP contribution is -2.25. The molecule has 0 aromatic rings. The molecule has 1 aliphatic carbocycles. The van der Waals surface area contributed by atoms with Crippen molar-refractivity contribution in [3.05, 3.63) is 0 Å². The molecule has 0 saturated heterocycles. The summed E-state index contributed by atoms with van der Waals surface area (Å²) < 4.78 is 4.80. The fourth-order valence-corrected chi connectivity index (χ4v) is 2.03. The van der Waals surface area contributed by atoms with E-state index in [1.54, 1.807) is 0 Å². The van der Waals surface area contributed by atoms with Gasteiger partial charge in [-0.3, -0.25) is 0 Å². The van der Waals surface area contributed by atoms with Crippen molar-refractivity contribution in [1.29, 1.82) is 0 Å². The van der Waals surface area contributed by atoms with Gasteiger partial charge in [0.2, 0.25) is 0 Å². The lowest BCUT2D eigenvalue weighted by molar-refractivity contribution is 0.104. The Bertz CT molecular complexity index is 106. The van der Waals surface area contributed by atoms with E-state index < -0.39 is 0 Å². The van der Waals surface area contributed by atoms with Crippen molar-refractivity contribution in [3.63, 3.8) is 0 Å². The third kappa shape index (κ3) is 2.65. The van der Waals surface area contributed by atoms with Crippen LogP contribution in [0.1, 0.15) is 25.7 Å². The SMILES string of the molecule is OCC1CCCCC1COS. The number of aliphatic hydroxyl groups is 1. The minimum absolute atomic E-state index is 0.307. The lowest BCUT2D eigenvalue weighted by Gasteiger charge is -2.28. The molecule has 1 N–H and O–H groups in total. The summed E-state index contributed by atoms with van der Waals surface area (Å²) in [6.45, 7) is 0.996. The molecular weight excluding hydrogens is 160 g/mol. The molecule has 2 unspecified atom stereocenters. The van der Waals surface area contributed by atoms with Crippen LogP contribution in [0.15, 0.2) is 0 Å². The summed E-state index contributed by atoms with van der Waals surface area (Å²) in [5, 5.41) is 9.01. The summed E-state index contributed by atoms with van der Waals surface area (Å²) >= 11 is 3.73. The summed E-state index contributed by atoms with van der Waals surface area (Å²) in [6.07, 6.45) is 4.87. The topological polar surface area (TPSA) is 29.5 Å². The van der Waals surface area contributed by atoms with Gasteiger partial charge in [0.25, 0.3) is 0 Å². The van der Waals surface area contributed by atoms with Gasteiger partial charge in [0.05, 0.1) is 6.61 Å². The van der Waals surface area contributed by atoms with E-state index in [9.17, 15) is 0 Å². The van der Waals surface area contributed by atoms with E-state index in [-0.39, 0.29) is 0 Å². The molecule has 11 heavy (non-hydrogen) atoms. The highest BCUT2D eigenvalue weighted by Gasteiger charge is 2.23. The summed E-state index contributed by atoms with van der Waals surface area (Å²) in [7, 11) is 0. The first-order valence-corrected chi connectivity index (χ1v) is 4.62. The number of hydrogen-bond acceptors (Lipinski definition) is 3. The highest BCUT2D eigenvalue weighted by atomic mass is 32.1. The zero-order chi connectivity index (χ0) is 8.10. The largest absolute Gasteiger partial charge is 0.396 e. The predicted molar refractivity (Wildman–Crippen MR) is 47.5 cm³/mol. The molecule has 2 nitrogen and oxygen atoms in total. The maximum Gasteiger partial charge on any atom is 0.0642 e. The predicted octanol–water partition coefficient (Wildman–Crippen LogP) is 1.65.